The van der Waals surface area contributed by atoms with Crippen molar-refractivity contribution in [2.24, 2.45) is 5.41 Å². The number of thiazole rings is 1. The summed E-state index contributed by atoms with van der Waals surface area (Å²) in [5.41, 5.74) is 9.03. The lowest BCUT2D eigenvalue weighted by molar-refractivity contribution is -0.105. The summed E-state index contributed by atoms with van der Waals surface area (Å²) in [6.45, 7) is 0. The van der Waals surface area contributed by atoms with Crippen molar-refractivity contribution in [3.8, 4) is 5.75 Å². The molecule has 0 unspecified atom stereocenters. The van der Waals surface area contributed by atoms with Crippen LogP contribution in [0.5, 0.6) is 5.75 Å². The molecule has 9 heteroatoms. The summed E-state index contributed by atoms with van der Waals surface area (Å²) in [6, 6.07) is 7.53. The molecule has 0 bridgehead atoms. The highest BCUT2D eigenvalue weighted by molar-refractivity contribution is 7.16. The second-order valence-corrected chi connectivity index (χ2v) is 9.30. The number of ether oxygens (including phenoxy) is 1. The van der Waals surface area contributed by atoms with E-state index in [4.69, 9.17) is 10.5 Å². The van der Waals surface area contributed by atoms with Crippen LogP contribution in [0.2, 0.25) is 0 Å². The molecule has 2 aliphatic carbocycles. The van der Waals surface area contributed by atoms with E-state index in [2.05, 4.69) is 15.0 Å². The number of nitrogens with two attached hydrogens (primary N) is 1. The van der Waals surface area contributed by atoms with Crippen LogP contribution >= 0.6 is 11.3 Å². The van der Waals surface area contributed by atoms with Crippen molar-refractivity contribution in [1.29, 1.82) is 0 Å². The standard InChI is InChI=1S/C21H21N5O3S/c22-19-13-3-4-26(20(13)24-9-23-19)15-8-21(18(28)17(15)27)6-12(7-21)29-11-1-2-16-14(5-11)25-10-30-16/h1-5,9-10,12,15,17-18,27-28H,6-8H2,(H2,22,23,24)/t12-,15-,17+,18+,21-/m1/s1. The van der Waals surface area contributed by atoms with Crippen LogP contribution in [0.1, 0.15) is 25.3 Å². The Morgan fingerprint density at radius 1 is 1.13 bits per heavy atom. The first-order valence-corrected chi connectivity index (χ1v) is 10.9. The van der Waals surface area contributed by atoms with Crippen LogP contribution < -0.4 is 10.5 Å². The Hall–Kier alpha value is -2.75. The molecule has 3 aromatic heterocycles. The third-order valence-corrected chi connectivity index (χ3v) is 7.54. The molecule has 30 heavy (non-hydrogen) atoms. The molecular formula is C21H21N5O3S. The fourth-order valence-electron chi connectivity index (χ4n) is 5.19. The zero-order valence-electron chi connectivity index (χ0n) is 16.0. The quantitative estimate of drug-likeness (QED) is 0.463. The third-order valence-electron chi connectivity index (χ3n) is 6.73. The molecular weight excluding hydrogens is 402 g/mol. The molecule has 8 nitrogen and oxygen atoms in total. The van der Waals surface area contributed by atoms with Crippen molar-refractivity contribution >= 4 is 38.4 Å². The molecule has 0 amide bonds. The average molecular weight is 423 g/mol. The molecule has 1 spiro atoms. The van der Waals surface area contributed by atoms with E-state index in [0.29, 0.717) is 30.7 Å². The summed E-state index contributed by atoms with van der Waals surface area (Å²) >= 11 is 1.60. The van der Waals surface area contributed by atoms with Gasteiger partial charge in [0.15, 0.2) is 0 Å². The SMILES string of the molecule is Nc1ncnc2c1ccn2[C@@H]1C[C@]2(C[C@@H](Oc3ccc4scnc4c3)C2)[C@@H](O)[C@H]1O. The Morgan fingerprint density at radius 2 is 2.00 bits per heavy atom. The molecule has 2 saturated carbocycles. The number of aliphatic hydroxyl groups excluding tert-OH is 2. The van der Waals surface area contributed by atoms with Crippen LogP contribution in [-0.4, -0.2) is 48.0 Å². The highest BCUT2D eigenvalue weighted by atomic mass is 32.1. The first-order valence-electron chi connectivity index (χ1n) is 9.97. The van der Waals surface area contributed by atoms with Crippen molar-refractivity contribution in [3.05, 3.63) is 42.3 Å². The van der Waals surface area contributed by atoms with E-state index in [1.807, 2.05) is 40.5 Å². The number of anilines is 1. The summed E-state index contributed by atoms with van der Waals surface area (Å²) in [4.78, 5) is 12.7. The first kappa shape index (κ1) is 18.1. The Bertz CT molecular complexity index is 1250. The molecule has 3 heterocycles. The molecule has 0 aliphatic heterocycles. The number of hydrogen-bond donors (Lipinski definition) is 3. The second kappa shape index (κ2) is 6.37. The highest BCUT2D eigenvalue weighted by Crippen LogP contribution is 2.57. The topological polar surface area (TPSA) is 119 Å². The Balaban J connectivity index is 1.21. The summed E-state index contributed by atoms with van der Waals surface area (Å²) in [5, 5.41) is 22.5. The van der Waals surface area contributed by atoms with Gasteiger partial charge in [0.25, 0.3) is 0 Å². The Labute approximate surface area is 176 Å². The van der Waals surface area contributed by atoms with Gasteiger partial charge in [0.2, 0.25) is 0 Å². The molecule has 154 valence electrons. The van der Waals surface area contributed by atoms with Gasteiger partial charge in [0, 0.05) is 17.7 Å². The molecule has 3 atom stereocenters. The van der Waals surface area contributed by atoms with Gasteiger partial charge in [-0.05, 0) is 37.5 Å². The van der Waals surface area contributed by atoms with Crippen molar-refractivity contribution in [2.45, 2.75) is 43.6 Å². The van der Waals surface area contributed by atoms with E-state index in [9.17, 15) is 10.2 Å². The summed E-state index contributed by atoms with van der Waals surface area (Å²) in [5.74, 6) is 1.21. The number of aromatic nitrogens is 4. The van der Waals surface area contributed by atoms with Crippen LogP contribution in [0, 0.1) is 5.41 Å². The number of nitrogens with zero attached hydrogens (tertiary/aromatic N) is 4. The molecule has 4 aromatic rings. The van der Waals surface area contributed by atoms with Gasteiger partial charge in [-0.3, -0.25) is 0 Å². The fourth-order valence-corrected chi connectivity index (χ4v) is 5.85. The normalized spacial score (nSPS) is 30.9. The molecule has 2 fully saturated rings. The maximum absolute atomic E-state index is 10.9. The van der Waals surface area contributed by atoms with E-state index in [0.717, 1.165) is 21.4 Å². The van der Waals surface area contributed by atoms with E-state index in [-0.39, 0.29) is 17.6 Å². The molecule has 6 rings (SSSR count). The van der Waals surface area contributed by atoms with Gasteiger partial charge in [0.05, 0.1) is 39.4 Å². The van der Waals surface area contributed by atoms with Crippen LogP contribution in [0.4, 0.5) is 5.82 Å². The summed E-state index contributed by atoms with van der Waals surface area (Å²) in [7, 11) is 0. The molecule has 0 radical (unpaired) electrons. The lowest BCUT2D eigenvalue weighted by Gasteiger charge is -2.47. The average Bonchev–Trinajstić information content (AvgIpc) is 3.41. The molecule has 1 aromatic carbocycles. The van der Waals surface area contributed by atoms with Gasteiger partial charge < -0.3 is 25.3 Å². The lowest BCUT2D eigenvalue weighted by Crippen LogP contribution is -2.50. The first-order chi connectivity index (χ1) is 14.5. The van der Waals surface area contributed by atoms with Crippen LogP contribution in [0.15, 0.2) is 42.3 Å². The largest absolute Gasteiger partial charge is 0.490 e. The van der Waals surface area contributed by atoms with Gasteiger partial charge in [0.1, 0.15) is 29.6 Å². The van der Waals surface area contributed by atoms with Crippen LogP contribution in [0.3, 0.4) is 0 Å². The molecule has 2 aliphatic rings. The minimum Gasteiger partial charge on any atom is -0.490 e. The van der Waals surface area contributed by atoms with Gasteiger partial charge in [-0.2, -0.15) is 0 Å². The van der Waals surface area contributed by atoms with Gasteiger partial charge in [-0.15, -0.1) is 11.3 Å². The molecule has 4 N–H and O–H groups in total. The van der Waals surface area contributed by atoms with Crippen molar-refractivity contribution < 1.29 is 14.9 Å². The number of benzene rings is 1. The predicted octanol–water partition coefficient (Wildman–Crippen LogP) is 2.52. The minimum absolute atomic E-state index is 0.0149. The Morgan fingerprint density at radius 3 is 2.87 bits per heavy atom. The zero-order valence-corrected chi connectivity index (χ0v) is 16.9. The molecule has 0 saturated heterocycles. The fraction of sp³-hybridized carbons (Fsp3) is 0.381. The monoisotopic (exact) mass is 423 g/mol. The lowest BCUT2D eigenvalue weighted by atomic mass is 9.64. The van der Waals surface area contributed by atoms with E-state index in [1.54, 1.807) is 11.3 Å². The summed E-state index contributed by atoms with van der Waals surface area (Å²) < 4.78 is 9.19. The van der Waals surface area contributed by atoms with E-state index < -0.39 is 12.2 Å². The van der Waals surface area contributed by atoms with Crippen LogP contribution in [-0.2, 0) is 0 Å². The maximum Gasteiger partial charge on any atom is 0.145 e. The van der Waals surface area contributed by atoms with E-state index >= 15 is 0 Å². The predicted molar refractivity (Wildman–Crippen MR) is 113 cm³/mol. The second-order valence-electron chi connectivity index (χ2n) is 8.42. The van der Waals surface area contributed by atoms with Gasteiger partial charge in [-0.1, -0.05) is 0 Å². The zero-order chi connectivity index (χ0) is 20.5. The number of hydrogen-bond acceptors (Lipinski definition) is 8. The number of fused-ring (bicyclic) bond motifs is 2. The number of rotatable bonds is 3. The van der Waals surface area contributed by atoms with E-state index in [1.165, 1.54) is 6.33 Å². The number of nitrogen functional groups attached to an aromatic ring is 1. The minimum atomic E-state index is -0.871. The van der Waals surface area contributed by atoms with Gasteiger partial charge >= 0.3 is 0 Å². The van der Waals surface area contributed by atoms with Crippen LogP contribution in [0.25, 0.3) is 21.3 Å². The maximum atomic E-state index is 10.9. The van der Waals surface area contributed by atoms with Crippen molar-refractivity contribution in [2.75, 3.05) is 5.73 Å². The smallest absolute Gasteiger partial charge is 0.145 e. The Kier molecular flexibility index (Phi) is 3.83. The number of aliphatic hydroxyl groups is 2. The highest BCUT2D eigenvalue weighted by Gasteiger charge is 2.60. The van der Waals surface area contributed by atoms with Crippen molar-refractivity contribution in [1.82, 2.24) is 19.5 Å². The van der Waals surface area contributed by atoms with Crippen molar-refractivity contribution in [3.63, 3.8) is 0 Å². The third kappa shape index (κ3) is 2.55. The summed E-state index contributed by atoms with van der Waals surface area (Å²) in [6.07, 6.45) is 3.69. The van der Waals surface area contributed by atoms with Gasteiger partial charge in [-0.25, -0.2) is 15.0 Å².